The molecule has 2 aromatic rings. The molecule has 0 saturated carbocycles. The van der Waals surface area contributed by atoms with Gasteiger partial charge in [-0.1, -0.05) is 11.6 Å². The Kier molecular flexibility index (Phi) is 3.54. The molecule has 0 spiro atoms. The van der Waals surface area contributed by atoms with E-state index in [9.17, 15) is 0 Å². The molecule has 0 aliphatic carbocycles. The van der Waals surface area contributed by atoms with Crippen LogP contribution in [0.2, 0.25) is 5.02 Å². The number of hydrogen-bond donors (Lipinski definition) is 1. The van der Waals surface area contributed by atoms with Crippen LogP contribution < -0.4 is 10.6 Å². The molecular formula is C14H17ClN4O. The summed E-state index contributed by atoms with van der Waals surface area (Å²) in [4.78, 5) is 2.29. The molecule has 106 valence electrons. The molecule has 3 rings (SSSR count). The molecule has 0 bridgehead atoms. The summed E-state index contributed by atoms with van der Waals surface area (Å²) in [7, 11) is 1.83. The molecule has 1 aromatic carbocycles. The topological polar surface area (TPSA) is 56.3 Å². The normalized spacial score (nSPS) is 15.6. The fourth-order valence-corrected chi connectivity index (χ4v) is 2.63. The van der Waals surface area contributed by atoms with Crippen LogP contribution in [0.1, 0.15) is 0 Å². The van der Waals surface area contributed by atoms with Crippen molar-refractivity contribution >= 4 is 23.1 Å². The molecular weight excluding hydrogens is 276 g/mol. The Morgan fingerprint density at radius 1 is 1.25 bits per heavy atom. The largest absolute Gasteiger partial charge is 0.383 e. The van der Waals surface area contributed by atoms with Gasteiger partial charge in [-0.05, 0) is 18.2 Å². The minimum atomic E-state index is 0.641. The zero-order valence-corrected chi connectivity index (χ0v) is 12.1. The molecule has 1 saturated heterocycles. The highest BCUT2D eigenvalue weighted by Gasteiger charge is 2.18. The fourth-order valence-electron chi connectivity index (χ4n) is 2.46. The van der Waals surface area contributed by atoms with Crippen LogP contribution in [0.25, 0.3) is 11.1 Å². The van der Waals surface area contributed by atoms with E-state index in [1.54, 1.807) is 10.9 Å². The van der Waals surface area contributed by atoms with Gasteiger partial charge in [-0.3, -0.25) is 4.68 Å². The number of aryl methyl sites for hydroxylation is 1. The maximum atomic E-state index is 6.15. The molecule has 1 aliphatic rings. The SMILES string of the molecule is Cn1ncc(-c2cc(Cl)ccc2N2CCOCC2)c1N. The molecule has 0 unspecified atom stereocenters. The van der Waals surface area contributed by atoms with Gasteiger partial charge in [0.25, 0.3) is 0 Å². The van der Waals surface area contributed by atoms with Crippen LogP contribution in [0.15, 0.2) is 24.4 Å². The molecule has 1 fully saturated rings. The molecule has 1 aromatic heterocycles. The zero-order chi connectivity index (χ0) is 14.1. The zero-order valence-electron chi connectivity index (χ0n) is 11.3. The number of ether oxygens (including phenoxy) is 1. The average molecular weight is 293 g/mol. The Balaban J connectivity index is 2.08. The first-order valence-electron chi connectivity index (χ1n) is 6.57. The first-order valence-corrected chi connectivity index (χ1v) is 6.94. The predicted molar refractivity (Wildman–Crippen MR) is 81.1 cm³/mol. The molecule has 0 atom stereocenters. The minimum Gasteiger partial charge on any atom is -0.383 e. The molecule has 20 heavy (non-hydrogen) atoms. The Morgan fingerprint density at radius 2 is 2.00 bits per heavy atom. The van der Waals surface area contributed by atoms with Crippen molar-refractivity contribution in [1.82, 2.24) is 9.78 Å². The first kappa shape index (κ1) is 13.3. The van der Waals surface area contributed by atoms with E-state index in [4.69, 9.17) is 22.1 Å². The van der Waals surface area contributed by atoms with Gasteiger partial charge in [0.1, 0.15) is 5.82 Å². The second-order valence-electron chi connectivity index (χ2n) is 4.83. The van der Waals surface area contributed by atoms with Crippen LogP contribution in [0.4, 0.5) is 11.5 Å². The lowest BCUT2D eigenvalue weighted by Gasteiger charge is -2.30. The molecule has 2 N–H and O–H groups in total. The van der Waals surface area contributed by atoms with E-state index in [2.05, 4.69) is 10.00 Å². The van der Waals surface area contributed by atoms with Crippen LogP contribution in [0, 0.1) is 0 Å². The molecule has 0 amide bonds. The third kappa shape index (κ3) is 2.34. The number of rotatable bonds is 2. The number of aromatic nitrogens is 2. The number of benzene rings is 1. The number of nitrogens with zero attached hydrogens (tertiary/aromatic N) is 3. The molecule has 1 aliphatic heterocycles. The number of nitrogens with two attached hydrogens (primary N) is 1. The quantitative estimate of drug-likeness (QED) is 0.921. The van der Waals surface area contributed by atoms with Crippen LogP contribution in [0.5, 0.6) is 0 Å². The lowest BCUT2D eigenvalue weighted by molar-refractivity contribution is 0.123. The van der Waals surface area contributed by atoms with Crippen LogP contribution >= 0.6 is 11.6 Å². The number of morpholine rings is 1. The maximum absolute atomic E-state index is 6.15. The lowest BCUT2D eigenvalue weighted by atomic mass is 10.0. The fraction of sp³-hybridized carbons (Fsp3) is 0.357. The highest BCUT2D eigenvalue weighted by Crippen LogP contribution is 2.36. The summed E-state index contributed by atoms with van der Waals surface area (Å²) in [5.74, 6) is 0.641. The van der Waals surface area contributed by atoms with Crippen molar-refractivity contribution in [1.29, 1.82) is 0 Å². The van der Waals surface area contributed by atoms with Gasteiger partial charge in [0, 0.05) is 42.0 Å². The smallest absolute Gasteiger partial charge is 0.129 e. The van der Waals surface area contributed by atoms with E-state index in [1.807, 2.05) is 25.2 Å². The summed E-state index contributed by atoms with van der Waals surface area (Å²) in [6.07, 6.45) is 1.78. The molecule has 6 heteroatoms. The Morgan fingerprint density at radius 3 is 2.65 bits per heavy atom. The summed E-state index contributed by atoms with van der Waals surface area (Å²) in [5, 5.41) is 4.91. The highest BCUT2D eigenvalue weighted by molar-refractivity contribution is 6.31. The number of nitrogen functional groups attached to an aromatic ring is 1. The van der Waals surface area contributed by atoms with Crippen LogP contribution in [-0.2, 0) is 11.8 Å². The highest BCUT2D eigenvalue weighted by atomic mass is 35.5. The van der Waals surface area contributed by atoms with Gasteiger partial charge in [-0.15, -0.1) is 0 Å². The van der Waals surface area contributed by atoms with Crippen molar-refractivity contribution in [3.05, 3.63) is 29.4 Å². The van der Waals surface area contributed by atoms with Crippen molar-refractivity contribution < 1.29 is 4.74 Å². The Bertz CT molecular complexity index is 620. The summed E-state index contributed by atoms with van der Waals surface area (Å²) in [6.45, 7) is 3.22. The van der Waals surface area contributed by atoms with Crippen molar-refractivity contribution in [2.75, 3.05) is 36.9 Å². The molecule has 5 nitrogen and oxygen atoms in total. The Labute approximate surface area is 122 Å². The van der Waals surface area contributed by atoms with Crippen molar-refractivity contribution in [3.8, 4) is 11.1 Å². The van der Waals surface area contributed by atoms with Crippen molar-refractivity contribution in [3.63, 3.8) is 0 Å². The number of hydrogen-bond acceptors (Lipinski definition) is 4. The third-order valence-corrected chi connectivity index (χ3v) is 3.82. The second-order valence-corrected chi connectivity index (χ2v) is 5.26. The van der Waals surface area contributed by atoms with E-state index >= 15 is 0 Å². The van der Waals surface area contributed by atoms with E-state index in [1.165, 1.54) is 0 Å². The van der Waals surface area contributed by atoms with Gasteiger partial charge < -0.3 is 15.4 Å². The summed E-state index contributed by atoms with van der Waals surface area (Å²) in [6, 6.07) is 5.89. The Hall–Kier alpha value is -1.72. The van der Waals surface area contributed by atoms with E-state index in [0.717, 1.165) is 43.1 Å². The molecule has 2 heterocycles. The summed E-state index contributed by atoms with van der Waals surface area (Å²) >= 11 is 6.15. The second kappa shape index (κ2) is 5.34. The van der Waals surface area contributed by atoms with Gasteiger partial charge in [0.05, 0.1) is 19.4 Å². The number of anilines is 2. The van der Waals surface area contributed by atoms with E-state index in [0.29, 0.717) is 10.8 Å². The number of halogens is 1. The molecule has 0 radical (unpaired) electrons. The third-order valence-electron chi connectivity index (χ3n) is 3.59. The monoisotopic (exact) mass is 292 g/mol. The lowest BCUT2D eigenvalue weighted by Crippen LogP contribution is -2.36. The van der Waals surface area contributed by atoms with Gasteiger partial charge in [-0.25, -0.2) is 0 Å². The average Bonchev–Trinajstić information content (AvgIpc) is 2.80. The first-order chi connectivity index (χ1) is 9.66. The van der Waals surface area contributed by atoms with Gasteiger partial charge >= 0.3 is 0 Å². The van der Waals surface area contributed by atoms with Crippen LogP contribution in [0.3, 0.4) is 0 Å². The van der Waals surface area contributed by atoms with Gasteiger partial charge in [-0.2, -0.15) is 5.10 Å². The predicted octanol–water partition coefficient (Wildman–Crippen LogP) is 2.16. The summed E-state index contributed by atoms with van der Waals surface area (Å²) in [5.41, 5.74) is 9.15. The van der Waals surface area contributed by atoms with E-state index in [-0.39, 0.29) is 0 Å². The van der Waals surface area contributed by atoms with Crippen molar-refractivity contribution in [2.45, 2.75) is 0 Å². The van der Waals surface area contributed by atoms with Gasteiger partial charge in [0.2, 0.25) is 0 Å². The minimum absolute atomic E-state index is 0.641. The van der Waals surface area contributed by atoms with E-state index < -0.39 is 0 Å². The van der Waals surface area contributed by atoms with Crippen molar-refractivity contribution in [2.24, 2.45) is 7.05 Å². The summed E-state index contributed by atoms with van der Waals surface area (Å²) < 4.78 is 7.08. The van der Waals surface area contributed by atoms with Crippen LogP contribution in [-0.4, -0.2) is 36.1 Å². The van der Waals surface area contributed by atoms with Gasteiger partial charge in [0.15, 0.2) is 0 Å². The standard InChI is InChI=1S/C14H17ClN4O/c1-18-14(16)12(9-17-18)11-8-10(15)2-3-13(11)19-4-6-20-7-5-19/h2-3,8-9H,4-7,16H2,1H3. The maximum Gasteiger partial charge on any atom is 0.129 e.